The third kappa shape index (κ3) is 3.09. The first kappa shape index (κ1) is 12.2. The molecule has 0 aliphatic rings. The minimum Gasteiger partial charge on any atom is -0.369 e. The highest BCUT2D eigenvalue weighted by Gasteiger charge is 2.03. The number of hydrogen-bond donors (Lipinski definition) is 1. The molecule has 0 saturated heterocycles. The zero-order chi connectivity index (χ0) is 12.1. The molecule has 0 fully saturated rings. The normalized spacial score (nSPS) is 12.6. The molecule has 0 amide bonds. The first-order valence-corrected chi connectivity index (χ1v) is 7.06. The van der Waals surface area contributed by atoms with E-state index < -0.39 is 0 Å². The van der Waals surface area contributed by atoms with Crippen molar-refractivity contribution in [1.29, 1.82) is 0 Å². The zero-order valence-electron chi connectivity index (χ0n) is 10.2. The molecule has 90 valence electrons. The summed E-state index contributed by atoms with van der Waals surface area (Å²) in [5.41, 5.74) is 0.989. The van der Waals surface area contributed by atoms with Crippen LogP contribution in [0.15, 0.2) is 30.6 Å². The highest BCUT2D eigenvalue weighted by molar-refractivity contribution is 7.99. The fourth-order valence-electron chi connectivity index (χ4n) is 1.66. The van der Waals surface area contributed by atoms with E-state index in [4.69, 9.17) is 0 Å². The van der Waals surface area contributed by atoms with Crippen molar-refractivity contribution in [1.82, 2.24) is 9.97 Å². The molecule has 1 aromatic carbocycles. The van der Waals surface area contributed by atoms with Crippen molar-refractivity contribution in [2.45, 2.75) is 18.6 Å². The number of nitrogens with one attached hydrogen (secondary N) is 1. The fourth-order valence-corrected chi connectivity index (χ4v) is 2.01. The quantitative estimate of drug-likeness (QED) is 0.880. The van der Waals surface area contributed by atoms with E-state index in [2.05, 4.69) is 34.5 Å². The molecular weight excluding hydrogens is 230 g/mol. The van der Waals surface area contributed by atoms with Gasteiger partial charge in [-0.05, 0) is 24.8 Å². The first-order chi connectivity index (χ1) is 8.31. The number of para-hydroxylation sites is 1. The molecule has 4 heteroatoms. The van der Waals surface area contributed by atoms with Crippen LogP contribution in [0.1, 0.15) is 13.3 Å². The van der Waals surface area contributed by atoms with Crippen LogP contribution in [0.3, 0.4) is 0 Å². The van der Waals surface area contributed by atoms with Crippen LogP contribution in [0.5, 0.6) is 0 Å². The van der Waals surface area contributed by atoms with Crippen LogP contribution in [0, 0.1) is 0 Å². The maximum Gasteiger partial charge on any atom is 0.137 e. The van der Waals surface area contributed by atoms with Crippen LogP contribution in [-0.4, -0.2) is 28.0 Å². The Morgan fingerprint density at radius 2 is 2.12 bits per heavy atom. The van der Waals surface area contributed by atoms with Gasteiger partial charge in [0, 0.05) is 17.2 Å². The number of rotatable bonds is 5. The van der Waals surface area contributed by atoms with Crippen LogP contribution < -0.4 is 5.32 Å². The van der Waals surface area contributed by atoms with Gasteiger partial charge in [-0.3, -0.25) is 0 Å². The first-order valence-electron chi connectivity index (χ1n) is 5.77. The number of thioether (sulfide) groups is 1. The monoisotopic (exact) mass is 247 g/mol. The molecule has 17 heavy (non-hydrogen) atoms. The molecule has 0 radical (unpaired) electrons. The Bertz CT molecular complexity index is 482. The van der Waals surface area contributed by atoms with Gasteiger partial charge in [0.1, 0.15) is 12.1 Å². The lowest BCUT2D eigenvalue weighted by Crippen LogP contribution is -2.09. The molecule has 1 heterocycles. The number of nitrogens with zero attached hydrogens (tertiary/aromatic N) is 2. The summed E-state index contributed by atoms with van der Waals surface area (Å²) in [5.74, 6) is 0.934. The molecule has 0 aliphatic heterocycles. The summed E-state index contributed by atoms with van der Waals surface area (Å²) in [6.07, 6.45) is 4.90. The molecule has 0 saturated carbocycles. The summed E-state index contributed by atoms with van der Waals surface area (Å²) in [4.78, 5) is 8.55. The van der Waals surface area contributed by atoms with Crippen LogP contribution >= 0.6 is 11.8 Å². The number of anilines is 1. The Labute approximate surface area is 106 Å². The minimum absolute atomic E-state index is 0.676. The van der Waals surface area contributed by atoms with Gasteiger partial charge in [0.05, 0.1) is 5.52 Å². The van der Waals surface area contributed by atoms with Crippen molar-refractivity contribution in [3.63, 3.8) is 0 Å². The second-order valence-electron chi connectivity index (χ2n) is 4.00. The fraction of sp³-hybridized carbons (Fsp3) is 0.385. The predicted molar refractivity (Wildman–Crippen MR) is 75.6 cm³/mol. The van der Waals surface area contributed by atoms with Crippen LogP contribution in [0.2, 0.25) is 0 Å². The third-order valence-electron chi connectivity index (χ3n) is 2.79. The van der Waals surface area contributed by atoms with Gasteiger partial charge in [0.2, 0.25) is 0 Å². The number of fused-ring (bicyclic) bond motifs is 1. The lowest BCUT2D eigenvalue weighted by atomic mass is 10.2. The van der Waals surface area contributed by atoms with Crippen molar-refractivity contribution in [3.05, 3.63) is 30.6 Å². The predicted octanol–water partition coefficient (Wildman–Crippen LogP) is 3.18. The van der Waals surface area contributed by atoms with Crippen molar-refractivity contribution in [3.8, 4) is 0 Å². The highest BCUT2D eigenvalue weighted by Crippen LogP contribution is 2.18. The Kier molecular flexibility index (Phi) is 4.20. The van der Waals surface area contributed by atoms with Gasteiger partial charge in [-0.25, -0.2) is 9.97 Å². The van der Waals surface area contributed by atoms with Crippen molar-refractivity contribution < 1.29 is 0 Å². The van der Waals surface area contributed by atoms with E-state index in [-0.39, 0.29) is 0 Å². The topological polar surface area (TPSA) is 37.8 Å². The largest absolute Gasteiger partial charge is 0.369 e. The summed E-state index contributed by atoms with van der Waals surface area (Å²) in [6, 6.07) is 8.07. The Morgan fingerprint density at radius 1 is 1.29 bits per heavy atom. The van der Waals surface area contributed by atoms with Crippen LogP contribution in [0.25, 0.3) is 10.9 Å². The second-order valence-corrected chi connectivity index (χ2v) is 5.28. The average molecular weight is 247 g/mol. The summed E-state index contributed by atoms with van der Waals surface area (Å²) in [7, 11) is 0. The second kappa shape index (κ2) is 5.87. The van der Waals surface area contributed by atoms with Gasteiger partial charge in [0.25, 0.3) is 0 Å². The maximum atomic E-state index is 4.30. The molecule has 1 aromatic heterocycles. The maximum absolute atomic E-state index is 4.30. The number of hydrogen-bond acceptors (Lipinski definition) is 4. The van der Waals surface area contributed by atoms with Crippen molar-refractivity contribution >= 4 is 28.5 Å². The van der Waals surface area contributed by atoms with E-state index >= 15 is 0 Å². The van der Waals surface area contributed by atoms with Gasteiger partial charge in [-0.2, -0.15) is 11.8 Å². The summed E-state index contributed by atoms with van der Waals surface area (Å²) < 4.78 is 0. The Hall–Kier alpha value is -1.29. The van der Waals surface area contributed by atoms with Gasteiger partial charge in [-0.15, -0.1) is 0 Å². The average Bonchev–Trinajstić information content (AvgIpc) is 2.39. The van der Waals surface area contributed by atoms with E-state index in [1.165, 1.54) is 0 Å². The third-order valence-corrected chi connectivity index (χ3v) is 3.83. The van der Waals surface area contributed by atoms with Gasteiger partial charge in [0.15, 0.2) is 0 Å². The molecule has 0 bridgehead atoms. The van der Waals surface area contributed by atoms with Gasteiger partial charge >= 0.3 is 0 Å². The zero-order valence-corrected chi connectivity index (χ0v) is 11.0. The summed E-state index contributed by atoms with van der Waals surface area (Å²) in [5, 5.41) is 5.15. The van der Waals surface area contributed by atoms with E-state index in [1.807, 2.05) is 30.0 Å². The molecule has 2 rings (SSSR count). The molecular formula is C13H17N3S. The van der Waals surface area contributed by atoms with Gasteiger partial charge < -0.3 is 5.32 Å². The van der Waals surface area contributed by atoms with Crippen molar-refractivity contribution in [2.24, 2.45) is 0 Å². The van der Waals surface area contributed by atoms with E-state index in [9.17, 15) is 0 Å². The molecule has 3 nitrogen and oxygen atoms in total. The van der Waals surface area contributed by atoms with E-state index in [1.54, 1.807) is 6.33 Å². The molecule has 1 atom stereocenters. The Balaban J connectivity index is 2.08. The molecule has 0 spiro atoms. The van der Waals surface area contributed by atoms with E-state index in [0.29, 0.717) is 5.25 Å². The summed E-state index contributed by atoms with van der Waals surface area (Å²) >= 11 is 1.89. The highest BCUT2D eigenvalue weighted by atomic mass is 32.2. The summed E-state index contributed by atoms with van der Waals surface area (Å²) in [6.45, 7) is 3.19. The standard InChI is InChI=1S/C13H17N3S/c1-10(17-2)7-8-14-13-11-5-3-4-6-12(11)15-9-16-13/h3-6,9-10H,7-8H2,1-2H3,(H,14,15,16). The molecule has 1 unspecified atom stereocenters. The smallest absolute Gasteiger partial charge is 0.137 e. The van der Waals surface area contributed by atoms with E-state index in [0.717, 1.165) is 29.7 Å². The lowest BCUT2D eigenvalue weighted by Gasteiger charge is -2.10. The molecule has 2 aromatic rings. The minimum atomic E-state index is 0.676. The SMILES string of the molecule is CSC(C)CCNc1ncnc2ccccc12. The lowest BCUT2D eigenvalue weighted by molar-refractivity contribution is 0.850. The Morgan fingerprint density at radius 3 is 2.94 bits per heavy atom. The molecule has 1 N–H and O–H groups in total. The van der Waals surface area contributed by atoms with Crippen LogP contribution in [0.4, 0.5) is 5.82 Å². The van der Waals surface area contributed by atoms with Gasteiger partial charge in [-0.1, -0.05) is 19.1 Å². The molecule has 0 aliphatic carbocycles. The number of aromatic nitrogens is 2. The number of benzene rings is 1. The van der Waals surface area contributed by atoms with Crippen molar-refractivity contribution in [2.75, 3.05) is 18.1 Å². The van der Waals surface area contributed by atoms with Crippen LogP contribution in [-0.2, 0) is 0 Å².